The Morgan fingerprint density at radius 1 is 1.07 bits per heavy atom. The normalized spacial score (nSPS) is 14.1. The Morgan fingerprint density at radius 2 is 1.79 bits per heavy atom. The molecule has 1 aliphatic rings. The number of aromatic hydroxyl groups is 1. The Labute approximate surface area is 167 Å². The predicted octanol–water partition coefficient (Wildman–Crippen LogP) is 3.26. The Balaban J connectivity index is 1.95. The molecule has 29 heavy (non-hydrogen) atoms. The molecule has 3 rings (SSSR count). The van der Waals surface area contributed by atoms with Crippen LogP contribution in [0, 0.1) is 5.92 Å². The van der Waals surface area contributed by atoms with E-state index in [-0.39, 0.29) is 35.4 Å². The number of carbonyl (C=O) groups excluding carboxylic acids is 2. The second-order valence-corrected chi connectivity index (χ2v) is 6.57. The van der Waals surface area contributed by atoms with Gasteiger partial charge in [0.1, 0.15) is 11.9 Å². The van der Waals surface area contributed by atoms with Gasteiger partial charge in [-0.25, -0.2) is 4.79 Å². The Kier molecular flexibility index (Phi) is 5.81. The van der Waals surface area contributed by atoms with Gasteiger partial charge in [-0.2, -0.15) is 0 Å². The minimum Gasteiger partial charge on any atom is -0.504 e. The number of ketones is 1. The number of benzene rings is 2. The molecule has 8 nitrogen and oxygen atoms in total. The summed E-state index contributed by atoms with van der Waals surface area (Å²) >= 11 is 0. The van der Waals surface area contributed by atoms with Crippen LogP contribution in [0.25, 0.3) is 0 Å². The lowest BCUT2D eigenvalue weighted by Crippen LogP contribution is -2.23. The van der Waals surface area contributed by atoms with E-state index in [2.05, 4.69) is 0 Å². The fourth-order valence-electron chi connectivity index (χ4n) is 3.01. The highest BCUT2D eigenvalue weighted by Gasteiger charge is 2.30. The summed E-state index contributed by atoms with van der Waals surface area (Å²) in [7, 11) is 2.82. The summed E-state index contributed by atoms with van der Waals surface area (Å²) in [5, 5.41) is 10.3. The van der Waals surface area contributed by atoms with Gasteiger partial charge >= 0.3 is 5.97 Å². The van der Waals surface area contributed by atoms with Crippen LogP contribution in [0.4, 0.5) is 0 Å². The summed E-state index contributed by atoms with van der Waals surface area (Å²) in [6.45, 7) is 3.14. The van der Waals surface area contributed by atoms with E-state index in [1.165, 1.54) is 33.3 Å². The van der Waals surface area contributed by atoms with Crippen molar-refractivity contribution in [3.8, 4) is 28.7 Å². The number of hydrogen-bond acceptors (Lipinski definition) is 8. The van der Waals surface area contributed by atoms with Gasteiger partial charge in [0.2, 0.25) is 12.5 Å². The maximum atomic E-state index is 12.8. The van der Waals surface area contributed by atoms with Gasteiger partial charge in [0.05, 0.1) is 25.7 Å². The van der Waals surface area contributed by atoms with Crippen molar-refractivity contribution in [2.45, 2.75) is 20.0 Å². The number of carbonyl (C=O) groups is 2. The number of Topliss-reactive ketones (excluding diaryl/α,β-unsaturated/α-hetero) is 1. The standard InChI is InChI=1S/C21H22O8/c1-11(12(2)22)19(14-7-15(23)20(26-4)18(9-14)25-3)29-21(24)13-5-6-16-17(8-13)28-10-27-16/h5-9,11,19,23H,10H2,1-4H3. The van der Waals surface area contributed by atoms with Gasteiger partial charge in [0.25, 0.3) is 0 Å². The molecule has 0 fully saturated rings. The van der Waals surface area contributed by atoms with Crippen molar-refractivity contribution in [3.05, 3.63) is 41.5 Å². The number of methoxy groups -OCH3 is 2. The van der Waals surface area contributed by atoms with Crippen LogP contribution in [0.3, 0.4) is 0 Å². The zero-order valence-corrected chi connectivity index (χ0v) is 16.6. The van der Waals surface area contributed by atoms with Gasteiger partial charge in [0.15, 0.2) is 23.0 Å². The number of phenolic OH excluding ortho intramolecular Hbond substituents is 1. The lowest BCUT2D eigenvalue weighted by Gasteiger charge is -2.24. The molecule has 1 aliphatic heterocycles. The smallest absolute Gasteiger partial charge is 0.338 e. The monoisotopic (exact) mass is 402 g/mol. The molecule has 8 heteroatoms. The van der Waals surface area contributed by atoms with E-state index < -0.39 is 18.0 Å². The fourth-order valence-corrected chi connectivity index (χ4v) is 3.01. The van der Waals surface area contributed by atoms with Crippen LogP contribution >= 0.6 is 0 Å². The quantitative estimate of drug-likeness (QED) is 0.705. The minimum atomic E-state index is -0.948. The van der Waals surface area contributed by atoms with Gasteiger partial charge in [-0.15, -0.1) is 0 Å². The van der Waals surface area contributed by atoms with Crippen LogP contribution in [-0.4, -0.2) is 37.9 Å². The summed E-state index contributed by atoms with van der Waals surface area (Å²) in [5.41, 5.74) is 0.650. The topological polar surface area (TPSA) is 101 Å². The predicted molar refractivity (Wildman–Crippen MR) is 102 cm³/mol. The van der Waals surface area contributed by atoms with E-state index in [1.54, 1.807) is 25.1 Å². The minimum absolute atomic E-state index is 0.0861. The van der Waals surface area contributed by atoms with Gasteiger partial charge in [-0.3, -0.25) is 4.79 Å². The number of phenols is 1. The molecular formula is C21H22O8. The lowest BCUT2D eigenvalue weighted by molar-refractivity contribution is -0.123. The maximum absolute atomic E-state index is 12.8. The third-order valence-corrected chi connectivity index (χ3v) is 4.75. The first-order chi connectivity index (χ1) is 13.8. The van der Waals surface area contributed by atoms with Crippen LogP contribution in [0.1, 0.15) is 35.9 Å². The van der Waals surface area contributed by atoms with Crippen LogP contribution in [-0.2, 0) is 9.53 Å². The SMILES string of the molecule is COc1cc(C(OC(=O)c2ccc3c(c2)OCO3)C(C)C(C)=O)cc(O)c1OC. The van der Waals surface area contributed by atoms with Crippen LogP contribution in [0.15, 0.2) is 30.3 Å². The van der Waals surface area contributed by atoms with Crippen molar-refractivity contribution in [1.29, 1.82) is 0 Å². The number of esters is 1. The molecule has 0 aromatic heterocycles. The van der Waals surface area contributed by atoms with E-state index >= 15 is 0 Å². The summed E-state index contributed by atoms with van der Waals surface area (Å²) in [6.07, 6.45) is -0.948. The zero-order chi connectivity index (χ0) is 21.1. The average molecular weight is 402 g/mol. The third kappa shape index (κ3) is 4.06. The number of fused-ring (bicyclic) bond motifs is 1. The summed E-state index contributed by atoms with van der Waals surface area (Å²) in [4.78, 5) is 24.8. The molecule has 2 aromatic rings. The van der Waals surface area contributed by atoms with Gasteiger partial charge in [-0.1, -0.05) is 6.92 Å². The van der Waals surface area contributed by atoms with Crippen molar-refractivity contribution in [3.63, 3.8) is 0 Å². The molecule has 0 aliphatic carbocycles. The summed E-state index contributed by atoms with van der Waals surface area (Å²) < 4.78 is 26.6. The summed E-state index contributed by atoms with van der Waals surface area (Å²) in [6, 6.07) is 7.64. The van der Waals surface area contributed by atoms with Crippen LogP contribution in [0.2, 0.25) is 0 Å². The first-order valence-corrected chi connectivity index (χ1v) is 8.91. The van der Waals surface area contributed by atoms with Crippen molar-refractivity contribution in [2.24, 2.45) is 5.92 Å². The molecule has 2 aromatic carbocycles. The van der Waals surface area contributed by atoms with E-state index in [0.717, 1.165) is 0 Å². The third-order valence-electron chi connectivity index (χ3n) is 4.75. The fraction of sp³-hybridized carbons (Fsp3) is 0.333. The number of hydrogen-bond donors (Lipinski definition) is 1. The second kappa shape index (κ2) is 8.30. The Morgan fingerprint density at radius 3 is 2.45 bits per heavy atom. The molecule has 2 unspecified atom stereocenters. The largest absolute Gasteiger partial charge is 0.504 e. The van der Waals surface area contributed by atoms with Crippen molar-refractivity contribution >= 4 is 11.8 Å². The van der Waals surface area contributed by atoms with Gasteiger partial charge in [0, 0.05) is 5.56 Å². The lowest BCUT2D eigenvalue weighted by atomic mass is 9.93. The summed E-state index contributed by atoms with van der Waals surface area (Å²) in [5.74, 6) is -0.292. The molecule has 154 valence electrons. The zero-order valence-electron chi connectivity index (χ0n) is 16.6. The molecule has 0 saturated heterocycles. The van der Waals surface area contributed by atoms with E-state index in [9.17, 15) is 14.7 Å². The first kappa shape index (κ1) is 20.3. The average Bonchev–Trinajstić information content (AvgIpc) is 3.18. The Bertz CT molecular complexity index is 937. The molecule has 1 heterocycles. The molecule has 0 amide bonds. The maximum Gasteiger partial charge on any atom is 0.338 e. The molecule has 1 N–H and O–H groups in total. The van der Waals surface area contributed by atoms with Crippen molar-refractivity contribution in [1.82, 2.24) is 0 Å². The molecular weight excluding hydrogens is 380 g/mol. The van der Waals surface area contributed by atoms with E-state index in [1.807, 2.05) is 0 Å². The molecule has 0 radical (unpaired) electrons. The first-order valence-electron chi connectivity index (χ1n) is 8.91. The second-order valence-electron chi connectivity index (χ2n) is 6.57. The molecule has 0 spiro atoms. The highest BCUT2D eigenvalue weighted by molar-refractivity contribution is 5.91. The number of rotatable bonds is 7. The van der Waals surface area contributed by atoms with E-state index in [4.69, 9.17) is 23.7 Å². The van der Waals surface area contributed by atoms with E-state index in [0.29, 0.717) is 17.1 Å². The van der Waals surface area contributed by atoms with Crippen molar-refractivity contribution < 1.29 is 38.4 Å². The van der Waals surface area contributed by atoms with Gasteiger partial charge in [-0.05, 0) is 37.3 Å². The van der Waals surface area contributed by atoms with Crippen molar-refractivity contribution in [2.75, 3.05) is 21.0 Å². The molecule has 0 saturated carbocycles. The van der Waals surface area contributed by atoms with Crippen LogP contribution < -0.4 is 18.9 Å². The highest BCUT2D eigenvalue weighted by atomic mass is 16.7. The number of ether oxygens (including phenoxy) is 5. The highest BCUT2D eigenvalue weighted by Crippen LogP contribution is 2.41. The van der Waals surface area contributed by atoms with Gasteiger partial charge < -0.3 is 28.8 Å². The molecule has 2 atom stereocenters. The molecule has 0 bridgehead atoms. The Hall–Kier alpha value is -3.42. The van der Waals surface area contributed by atoms with Crippen LogP contribution in [0.5, 0.6) is 28.7 Å².